The number of nitrogens with two attached hydrogens (primary N) is 1. The van der Waals surface area contributed by atoms with Crippen molar-refractivity contribution in [2.45, 2.75) is 13.0 Å². The molecule has 0 aliphatic carbocycles. The largest absolute Gasteiger partial charge is 0.322 e. The lowest BCUT2D eigenvalue weighted by Gasteiger charge is -2.04. The predicted molar refractivity (Wildman–Crippen MR) is 57.7 cm³/mol. The van der Waals surface area contributed by atoms with E-state index in [1.54, 1.807) is 6.92 Å². The van der Waals surface area contributed by atoms with Crippen molar-refractivity contribution < 1.29 is 22.0 Å². The van der Waals surface area contributed by atoms with Crippen LogP contribution in [0.1, 0.15) is 18.0 Å². The van der Waals surface area contributed by atoms with Gasteiger partial charge in [0.1, 0.15) is 5.01 Å². The molecule has 102 valence electrons. The van der Waals surface area contributed by atoms with E-state index in [1.807, 2.05) is 0 Å². The van der Waals surface area contributed by atoms with Gasteiger partial charge in [0.2, 0.25) is 5.82 Å². The Morgan fingerprint density at radius 2 is 1.37 bits per heavy atom. The average molecular weight is 295 g/mol. The molecule has 0 saturated heterocycles. The molecule has 1 heterocycles. The lowest BCUT2D eigenvalue weighted by molar-refractivity contribution is 0.381. The molecule has 0 radical (unpaired) electrons. The molecule has 0 spiro atoms. The van der Waals surface area contributed by atoms with Gasteiger partial charge in [-0.15, -0.1) is 10.2 Å². The van der Waals surface area contributed by atoms with E-state index in [-0.39, 0.29) is 5.01 Å². The maximum atomic E-state index is 13.5. The van der Waals surface area contributed by atoms with Crippen molar-refractivity contribution in [1.82, 2.24) is 10.2 Å². The Hall–Kier alpha value is -1.61. The maximum absolute atomic E-state index is 13.5. The first-order chi connectivity index (χ1) is 8.84. The molecule has 0 bridgehead atoms. The fourth-order valence-corrected chi connectivity index (χ4v) is 2.14. The number of benzene rings is 1. The van der Waals surface area contributed by atoms with Crippen molar-refractivity contribution in [3.05, 3.63) is 34.1 Å². The second kappa shape index (κ2) is 4.82. The summed E-state index contributed by atoms with van der Waals surface area (Å²) >= 11 is 0.663. The van der Waals surface area contributed by atoms with Gasteiger partial charge in [0.25, 0.3) is 0 Å². The van der Waals surface area contributed by atoms with E-state index in [2.05, 4.69) is 10.2 Å². The Morgan fingerprint density at radius 3 is 1.79 bits per heavy atom. The number of aromatic nitrogens is 2. The highest BCUT2D eigenvalue weighted by Crippen LogP contribution is 2.33. The minimum absolute atomic E-state index is 0.221. The highest BCUT2D eigenvalue weighted by molar-refractivity contribution is 7.14. The standard InChI is InChI=1S/C10H6F5N3S/c1-2(16)9-17-18-10(19-9)3-4(11)6(13)8(15)7(14)5(3)12/h2H,16H2,1H3. The lowest BCUT2D eigenvalue weighted by Crippen LogP contribution is -2.03. The van der Waals surface area contributed by atoms with Gasteiger partial charge in [0.15, 0.2) is 28.3 Å². The van der Waals surface area contributed by atoms with Gasteiger partial charge in [0.05, 0.1) is 11.6 Å². The summed E-state index contributed by atoms with van der Waals surface area (Å²) < 4.78 is 65.9. The first kappa shape index (κ1) is 13.8. The lowest BCUT2D eigenvalue weighted by atomic mass is 10.2. The zero-order valence-electron chi connectivity index (χ0n) is 9.35. The summed E-state index contributed by atoms with van der Waals surface area (Å²) in [6, 6.07) is -0.562. The van der Waals surface area contributed by atoms with E-state index in [0.29, 0.717) is 11.3 Å². The van der Waals surface area contributed by atoms with Crippen molar-refractivity contribution in [1.29, 1.82) is 0 Å². The van der Waals surface area contributed by atoms with Crippen LogP contribution in [-0.4, -0.2) is 10.2 Å². The molecule has 2 rings (SSSR count). The third-order valence-electron chi connectivity index (χ3n) is 2.25. The molecule has 0 saturated carbocycles. The molecule has 0 amide bonds. The molecule has 2 N–H and O–H groups in total. The fourth-order valence-electron chi connectivity index (χ4n) is 1.31. The normalized spacial score (nSPS) is 12.8. The number of rotatable bonds is 2. The molecule has 0 aliphatic heterocycles. The molecule has 1 unspecified atom stereocenters. The van der Waals surface area contributed by atoms with Gasteiger partial charge < -0.3 is 5.73 Å². The van der Waals surface area contributed by atoms with Gasteiger partial charge in [-0.2, -0.15) is 0 Å². The summed E-state index contributed by atoms with van der Waals surface area (Å²) in [7, 11) is 0. The van der Waals surface area contributed by atoms with Crippen LogP contribution in [0.4, 0.5) is 22.0 Å². The minimum Gasteiger partial charge on any atom is -0.322 e. The molecule has 1 atom stereocenters. The Bertz CT molecular complexity index is 611. The number of hydrogen-bond acceptors (Lipinski definition) is 4. The van der Waals surface area contributed by atoms with Crippen LogP contribution in [-0.2, 0) is 0 Å². The van der Waals surface area contributed by atoms with Gasteiger partial charge in [-0.1, -0.05) is 11.3 Å². The molecular formula is C10H6F5N3S. The number of nitrogens with zero attached hydrogens (tertiary/aromatic N) is 2. The molecular weight excluding hydrogens is 289 g/mol. The van der Waals surface area contributed by atoms with Crippen LogP contribution in [0.15, 0.2) is 0 Å². The summed E-state index contributed by atoms with van der Waals surface area (Å²) in [5.41, 5.74) is 4.38. The third-order valence-corrected chi connectivity index (χ3v) is 3.40. The Balaban J connectivity index is 2.68. The van der Waals surface area contributed by atoms with Gasteiger partial charge in [-0.3, -0.25) is 0 Å². The van der Waals surface area contributed by atoms with Crippen LogP contribution < -0.4 is 5.73 Å². The van der Waals surface area contributed by atoms with Crippen LogP contribution in [0.25, 0.3) is 10.6 Å². The van der Waals surface area contributed by atoms with E-state index in [4.69, 9.17) is 5.73 Å². The van der Waals surface area contributed by atoms with E-state index in [9.17, 15) is 22.0 Å². The van der Waals surface area contributed by atoms with E-state index in [0.717, 1.165) is 0 Å². The van der Waals surface area contributed by atoms with E-state index < -0.39 is 45.7 Å². The third kappa shape index (κ3) is 2.19. The van der Waals surface area contributed by atoms with E-state index in [1.165, 1.54) is 0 Å². The SMILES string of the molecule is CC(N)c1nnc(-c2c(F)c(F)c(F)c(F)c2F)s1. The average Bonchev–Trinajstić information content (AvgIpc) is 2.84. The van der Waals surface area contributed by atoms with Crippen LogP contribution in [0.3, 0.4) is 0 Å². The van der Waals surface area contributed by atoms with Gasteiger partial charge in [-0.25, -0.2) is 22.0 Å². The molecule has 2 aromatic rings. The van der Waals surface area contributed by atoms with Crippen molar-refractivity contribution in [2.75, 3.05) is 0 Å². The van der Waals surface area contributed by atoms with Crippen LogP contribution >= 0.6 is 11.3 Å². The second-order valence-electron chi connectivity index (χ2n) is 3.68. The van der Waals surface area contributed by atoms with Crippen molar-refractivity contribution in [3.63, 3.8) is 0 Å². The van der Waals surface area contributed by atoms with Crippen LogP contribution in [0.2, 0.25) is 0 Å². The summed E-state index contributed by atoms with van der Waals surface area (Å²) in [5, 5.41) is 6.73. The number of halogens is 5. The topological polar surface area (TPSA) is 51.8 Å². The second-order valence-corrected chi connectivity index (χ2v) is 4.69. The van der Waals surface area contributed by atoms with E-state index >= 15 is 0 Å². The Labute approximate surface area is 107 Å². The summed E-state index contributed by atoms with van der Waals surface area (Å²) in [4.78, 5) is 0. The molecule has 0 aliphatic rings. The monoisotopic (exact) mass is 295 g/mol. The van der Waals surface area contributed by atoms with Gasteiger partial charge in [0, 0.05) is 0 Å². The summed E-state index contributed by atoms with van der Waals surface area (Å²) in [5.74, 6) is -10.1. The first-order valence-corrected chi connectivity index (χ1v) is 5.77. The molecule has 0 fully saturated rings. The van der Waals surface area contributed by atoms with Crippen LogP contribution in [0, 0.1) is 29.1 Å². The van der Waals surface area contributed by atoms with Crippen molar-refractivity contribution in [3.8, 4) is 10.6 Å². The molecule has 19 heavy (non-hydrogen) atoms. The van der Waals surface area contributed by atoms with Gasteiger partial charge in [-0.05, 0) is 6.92 Å². The zero-order chi connectivity index (χ0) is 14.3. The smallest absolute Gasteiger partial charge is 0.200 e. The Kier molecular flexibility index (Phi) is 3.50. The fraction of sp³-hybridized carbons (Fsp3) is 0.200. The zero-order valence-corrected chi connectivity index (χ0v) is 10.2. The maximum Gasteiger partial charge on any atom is 0.200 e. The molecule has 3 nitrogen and oxygen atoms in total. The highest BCUT2D eigenvalue weighted by atomic mass is 32.1. The Morgan fingerprint density at radius 1 is 0.895 bits per heavy atom. The molecule has 1 aromatic heterocycles. The minimum atomic E-state index is -2.21. The predicted octanol–water partition coefficient (Wildman–Crippen LogP) is 2.92. The summed E-state index contributed by atoms with van der Waals surface area (Å²) in [6.45, 7) is 1.54. The molecule has 1 aromatic carbocycles. The van der Waals surface area contributed by atoms with Crippen molar-refractivity contribution >= 4 is 11.3 Å². The summed E-state index contributed by atoms with van der Waals surface area (Å²) in [6.07, 6.45) is 0. The quantitative estimate of drug-likeness (QED) is 0.526. The number of hydrogen-bond donors (Lipinski definition) is 1. The first-order valence-electron chi connectivity index (χ1n) is 4.95. The molecule has 9 heteroatoms. The van der Waals surface area contributed by atoms with Gasteiger partial charge >= 0.3 is 0 Å². The van der Waals surface area contributed by atoms with Crippen molar-refractivity contribution in [2.24, 2.45) is 5.73 Å². The van der Waals surface area contributed by atoms with Crippen LogP contribution in [0.5, 0.6) is 0 Å². The highest BCUT2D eigenvalue weighted by Gasteiger charge is 2.28.